The van der Waals surface area contributed by atoms with Gasteiger partial charge < -0.3 is 5.73 Å². The molecule has 16 heavy (non-hydrogen) atoms. The highest BCUT2D eigenvalue weighted by molar-refractivity contribution is 6.31. The third kappa shape index (κ3) is 2.53. The topological polar surface area (TPSA) is 26.0 Å². The van der Waals surface area contributed by atoms with Gasteiger partial charge >= 0.3 is 0 Å². The van der Waals surface area contributed by atoms with Crippen molar-refractivity contribution < 1.29 is 8.78 Å². The Kier molecular flexibility index (Phi) is 3.92. The van der Waals surface area contributed by atoms with Crippen molar-refractivity contribution in [2.45, 2.75) is 33.2 Å². The van der Waals surface area contributed by atoms with E-state index < -0.39 is 17.7 Å². The van der Waals surface area contributed by atoms with Crippen molar-refractivity contribution in [3.8, 4) is 0 Å². The van der Waals surface area contributed by atoms with E-state index in [-0.39, 0.29) is 10.4 Å². The fourth-order valence-corrected chi connectivity index (χ4v) is 1.69. The minimum atomic E-state index is -0.949. The summed E-state index contributed by atoms with van der Waals surface area (Å²) in [6.07, 6.45) is 0.823. The Hall–Kier alpha value is -0.670. The second kappa shape index (κ2) is 4.68. The molecule has 0 fully saturated rings. The van der Waals surface area contributed by atoms with Crippen LogP contribution in [0.25, 0.3) is 0 Å². The predicted molar refractivity (Wildman–Crippen MR) is 62.4 cm³/mol. The van der Waals surface area contributed by atoms with Gasteiger partial charge in [0.05, 0.1) is 0 Å². The van der Waals surface area contributed by atoms with E-state index in [4.69, 9.17) is 17.3 Å². The van der Waals surface area contributed by atoms with E-state index in [0.29, 0.717) is 5.56 Å². The fraction of sp³-hybridized carbons (Fsp3) is 0.500. The second-order valence-corrected chi connectivity index (χ2v) is 5.01. The van der Waals surface area contributed by atoms with E-state index in [1.807, 2.05) is 20.8 Å². The van der Waals surface area contributed by atoms with Crippen LogP contribution in [0.15, 0.2) is 12.1 Å². The smallest absolute Gasteiger partial charge is 0.160 e. The van der Waals surface area contributed by atoms with Gasteiger partial charge in [0.2, 0.25) is 0 Å². The lowest BCUT2D eigenvalue weighted by Crippen LogP contribution is -2.29. The molecule has 0 radical (unpaired) electrons. The number of hydrogen-bond donors (Lipinski definition) is 1. The first-order chi connectivity index (χ1) is 7.29. The molecule has 1 aromatic rings. The largest absolute Gasteiger partial charge is 0.323 e. The van der Waals surface area contributed by atoms with Crippen molar-refractivity contribution in [2.75, 3.05) is 0 Å². The molecule has 1 atom stereocenters. The van der Waals surface area contributed by atoms with Gasteiger partial charge in [0.15, 0.2) is 11.6 Å². The van der Waals surface area contributed by atoms with Gasteiger partial charge in [-0.3, -0.25) is 0 Å². The van der Waals surface area contributed by atoms with Crippen molar-refractivity contribution in [3.63, 3.8) is 0 Å². The lowest BCUT2D eigenvalue weighted by atomic mass is 9.79. The molecule has 0 aromatic heterocycles. The minimum absolute atomic E-state index is 0.174. The number of hydrogen-bond acceptors (Lipinski definition) is 1. The first-order valence-electron chi connectivity index (χ1n) is 5.19. The SMILES string of the molecule is CCC(C)(C)C(N)c1cc(F)c(F)cc1Cl. The first-order valence-corrected chi connectivity index (χ1v) is 5.57. The molecule has 1 nitrogen and oxygen atoms in total. The molecule has 1 aromatic carbocycles. The van der Waals surface area contributed by atoms with Crippen molar-refractivity contribution in [1.29, 1.82) is 0 Å². The highest BCUT2D eigenvalue weighted by Gasteiger charge is 2.28. The fourth-order valence-electron chi connectivity index (χ4n) is 1.42. The quantitative estimate of drug-likeness (QED) is 0.801. The molecule has 0 saturated heterocycles. The average molecular weight is 248 g/mol. The van der Waals surface area contributed by atoms with Gasteiger partial charge in [-0.2, -0.15) is 0 Å². The minimum Gasteiger partial charge on any atom is -0.323 e. The van der Waals surface area contributed by atoms with Crippen molar-refractivity contribution in [1.82, 2.24) is 0 Å². The van der Waals surface area contributed by atoms with Gasteiger partial charge in [-0.05, 0) is 29.5 Å². The first kappa shape index (κ1) is 13.4. The number of halogens is 3. The van der Waals surface area contributed by atoms with Gasteiger partial charge in [-0.25, -0.2) is 8.78 Å². The van der Waals surface area contributed by atoms with Crippen molar-refractivity contribution >= 4 is 11.6 Å². The number of benzene rings is 1. The summed E-state index contributed by atoms with van der Waals surface area (Å²) in [5.41, 5.74) is 6.27. The van der Waals surface area contributed by atoms with E-state index in [1.54, 1.807) is 0 Å². The van der Waals surface area contributed by atoms with Gasteiger partial charge in [0, 0.05) is 11.1 Å². The third-order valence-corrected chi connectivity index (χ3v) is 3.46. The maximum absolute atomic E-state index is 13.1. The monoisotopic (exact) mass is 247 g/mol. The zero-order valence-electron chi connectivity index (χ0n) is 9.65. The van der Waals surface area contributed by atoms with Crippen LogP contribution in [0, 0.1) is 17.0 Å². The maximum Gasteiger partial charge on any atom is 0.160 e. The van der Waals surface area contributed by atoms with Crippen molar-refractivity contribution in [3.05, 3.63) is 34.4 Å². The Morgan fingerprint density at radius 2 is 1.81 bits per heavy atom. The Bertz CT molecular complexity index is 391. The van der Waals surface area contributed by atoms with Crippen LogP contribution in [-0.2, 0) is 0 Å². The number of rotatable bonds is 3. The molecular weight excluding hydrogens is 232 g/mol. The zero-order valence-corrected chi connectivity index (χ0v) is 10.4. The summed E-state index contributed by atoms with van der Waals surface area (Å²) in [6.45, 7) is 5.93. The highest BCUT2D eigenvalue weighted by Crippen LogP contribution is 2.37. The summed E-state index contributed by atoms with van der Waals surface area (Å²) >= 11 is 5.87. The molecule has 0 aliphatic heterocycles. The van der Waals surface area contributed by atoms with Crippen LogP contribution >= 0.6 is 11.6 Å². The normalized spacial score (nSPS) is 13.9. The van der Waals surface area contributed by atoms with Crippen LogP contribution in [0.1, 0.15) is 38.8 Å². The highest BCUT2D eigenvalue weighted by atomic mass is 35.5. The molecule has 0 saturated carbocycles. The summed E-state index contributed by atoms with van der Waals surface area (Å²) in [7, 11) is 0. The molecule has 0 aliphatic carbocycles. The van der Waals surface area contributed by atoms with Gasteiger partial charge in [-0.1, -0.05) is 32.4 Å². The molecule has 1 unspecified atom stereocenters. The van der Waals surface area contributed by atoms with Crippen LogP contribution in [0.4, 0.5) is 8.78 Å². The standard InChI is InChI=1S/C12H16ClF2N/c1-4-12(2,3)11(16)7-5-9(14)10(15)6-8(7)13/h5-6,11H,4,16H2,1-3H3. The second-order valence-electron chi connectivity index (χ2n) is 4.61. The van der Waals surface area contributed by atoms with Crippen LogP contribution in [0.2, 0.25) is 5.02 Å². The molecule has 2 N–H and O–H groups in total. The molecule has 90 valence electrons. The van der Waals surface area contributed by atoms with Crippen LogP contribution in [-0.4, -0.2) is 0 Å². The molecule has 0 amide bonds. The van der Waals surface area contributed by atoms with E-state index in [1.165, 1.54) is 0 Å². The van der Waals surface area contributed by atoms with E-state index in [9.17, 15) is 8.78 Å². The predicted octanol–water partition coefficient (Wildman–Crippen LogP) is 4.05. The van der Waals surface area contributed by atoms with Gasteiger partial charge in [0.25, 0.3) is 0 Å². The van der Waals surface area contributed by atoms with E-state index >= 15 is 0 Å². The van der Waals surface area contributed by atoms with E-state index in [0.717, 1.165) is 18.6 Å². The summed E-state index contributed by atoms with van der Waals surface area (Å²) in [5.74, 6) is -1.86. The lowest BCUT2D eigenvalue weighted by Gasteiger charge is -2.31. The van der Waals surface area contributed by atoms with E-state index in [2.05, 4.69) is 0 Å². The number of nitrogens with two attached hydrogens (primary N) is 1. The lowest BCUT2D eigenvalue weighted by molar-refractivity contribution is 0.277. The third-order valence-electron chi connectivity index (χ3n) is 3.13. The molecule has 0 heterocycles. The molecule has 0 bridgehead atoms. The molecule has 0 aliphatic rings. The summed E-state index contributed by atoms with van der Waals surface area (Å²) < 4.78 is 26.0. The van der Waals surface area contributed by atoms with Crippen LogP contribution in [0.5, 0.6) is 0 Å². The molecular formula is C12H16ClF2N. The van der Waals surface area contributed by atoms with Crippen molar-refractivity contribution in [2.24, 2.45) is 11.1 Å². The van der Waals surface area contributed by atoms with Crippen LogP contribution in [0.3, 0.4) is 0 Å². The summed E-state index contributed by atoms with van der Waals surface area (Å²) in [5, 5.41) is 0.174. The maximum atomic E-state index is 13.1. The average Bonchev–Trinajstić information content (AvgIpc) is 2.22. The van der Waals surface area contributed by atoms with Gasteiger partial charge in [-0.15, -0.1) is 0 Å². The Morgan fingerprint density at radius 3 is 2.31 bits per heavy atom. The Morgan fingerprint density at radius 1 is 1.31 bits per heavy atom. The molecule has 1 rings (SSSR count). The Balaban J connectivity index is 3.19. The van der Waals surface area contributed by atoms with Gasteiger partial charge in [0.1, 0.15) is 0 Å². The van der Waals surface area contributed by atoms with Crippen LogP contribution < -0.4 is 5.73 Å². The summed E-state index contributed by atoms with van der Waals surface area (Å²) in [6, 6.07) is 1.64. The Labute approximate surface area is 99.6 Å². The molecule has 4 heteroatoms. The summed E-state index contributed by atoms with van der Waals surface area (Å²) in [4.78, 5) is 0. The zero-order chi connectivity index (χ0) is 12.5. The molecule has 0 spiro atoms.